The summed E-state index contributed by atoms with van der Waals surface area (Å²) in [6.07, 6.45) is 6.06. The Bertz CT molecular complexity index is 1280. The molecule has 2 aliphatic heterocycles. The number of hydrogen-bond acceptors (Lipinski definition) is 3. The molecular weight excluding hydrogens is 452 g/mol. The van der Waals surface area contributed by atoms with Gasteiger partial charge in [-0.2, -0.15) is 5.10 Å². The molecule has 1 N–H and O–H groups in total. The summed E-state index contributed by atoms with van der Waals surface area (Å²) < 4.78 is 0. The SMILES string of the molecule is CNC(=S)N1N=C(C2=C(c3ccccc3)C3C=C(Cl)C=CC3=NC2=O)CC1c1ccccc1. The number of dihydropyridines is 1. The van der Waals surface area contributed by atoms with Crippen LogP contribution in [-0.2, 0) is 4.79 Å². The van der Waals surface area contributed by atoms with E-state index in [1.807, 2.05) is 72.8 Å². The average molecular weight is 473 g/mol. The number of nitrogens with zero attached hydrogens (tertiary/aromatic N) is 3. The molecule has 7 heteroatoms. The van der Waals surface area contributed by atoms with E-state index in [0.29, 0.717) is 33.6 Å². The van der Waals surface area contributed by atoms with E-state index in [9.17, 15) is 4.79 Å². The van der Waals surface area contributed by atoms with E-state index in [-0.39, 0.29) is 17.9 Å². The number of allylic oxidation sites excluding steroid dienone is 5. The van der Waals surface area contributed by atoms with Gasteiger partial charge in [0.1, 0.15) is 0 Å². The van der Waals surface area contributed by atoms with E-state index < -0.39 is 0 Å². The molecule has 3 aliphatic rings. The first kappa shape index (κ1) is 21.5. The minimum Gasteiger partial charge on any atom is -0.364 e. The third-order valence-corrected chi connectivity index (χ3v) is 6.62. The van der Waals surface area contributed by atoms with Crippen LogP contribution < -0.4 is 5.32 Å². The number of aliphatic imine (C=N–C) groups is 1. The first-order valence-corrected chi connectivity index (χ1v) is 11.5. The maximum Gasteiger partial charge on any atom is 0.279 e. The zero-order valence-electron chi connectivity index (χ0n) is 17.9. The molecule has 1 amide bonds. The van der Waals surface area contributed by atoms with Crippen LogP contribution in [0.4, 0.5) is 0 Å². The van der Waals surface area contributed by atoms with Crippen molar-refractivity contribution in [3.05, 3.63) is 101 Å². The number of fused-ring (bicyclic) bond motifs is 1. The lowest BCUT2D eigenvalue weighted by molar-refractivity contribution is -0.113. The van der Waals surface area contributed by atoms with Crippen LogP contribution in [0.1, 0.15) is 23.6 Å². The van der Waals surface area contributed by atoms with E-state index in [4.69, 9.17) is 28.9 Å². The number of rotatable bonds is 3. The lowest BCUT2D eigenvalue weighted by atomic mass is 9.79. The quantitative estimate of drug-likeness (QED) is 0.636. The van der Waals surface area contributed by atoms with Crippen molar-refractivity contribution in [2.24, 2.45) is 16.0 Å². The van der Waals surface area contributed by atoms with Crippen LogP contribution in [0, 0.1) is 5.92 Å². The Morgan fingerprint density at radius 2 is 1.79 bits per heavy atom. The molecule has 2 aromatic carbocycles. The number of nitrogens with one attached hydrogen (secondary N) is 1. The van der Waals surface area contributed by atoms with Crippen LogP contribution in [0.5, 0.6) is 0 Å². The van der Waals surface area contributed by atoms with Gasteiger partial charge in [-0.25, -0.2) is 10.0 Å². The highest BCUT2D eigenvalue weighted by atomic mass is 35.5. The third kappa shape index (κ3) is 3.96. The fourth-order valence-electron chi connectivity index (χ4n) is 4.47. The highest BCUT2D eigenvalue weighted by Gasteiger charge is 2.39. The highest BCUT2D eigenvalue weighted by Crippen LogP contribution is 2.41. The Labute approximate surface area is 202 Å². The second kappa shape index (κ2) is 8.89. The summed E-state index contributed by atoms with van der Waals surface area (Å²) >= 11 is 11.9. The molecule has 2 aromatic rings. The Balaban J connectivity index is 1.67. The summed E-state index contributed by atoms with van der Waals surface area (Å²) in [5.41, 5.74) is 4.78. The predicted octanol–water partition coefficient (Wildman–Crippen LogP) is 5.04. The van der Waals surface area contributed by atoms with E-state index in [2.05, 4.69) is 10.3 Å². The summed E-state index contributed by atoms with van der Waals surface area (Å²) in [7, 11) is 1.77. The molecule has 0 saturated heterocycles. The van der Waals surface area contributed by atoms with Gasteiger partial charge in [-0.1, -0.05) is 78.3 Å². The van der Waals surface area contributed by atoms with Crippen LogP contribution >= 0.6 is 23.8 Å². The molecule has 33 heavy (non-hydrogen) atoms. The maximum absolute atomic E-state index is 13.4. The Hall–Kier alpha value is -3.35. The third-order valence-electron chi connectivity index (χ3n) is 5.97. The van der Waals surface area contributed by atoms with Gasteiger partial charge in [0.15, 0.2) is 5.11 Å². The molecule has 2 atom stereocenters. The van der Waals surface area contributed by atoms with Gasteiger partial charge in [-0.3, -0.25) is 4.79 Å². The van der Waals surface area contributed by atoms with Gasteiger partial charge in [-0.15, -0.1) is 0 Å². The first-order valence-electron chi connectivity index (χ1n) is 10.7. The molecular formula is C26H21ClN4OS. The molecule has 0 saturated carbocycles. The van der Waals surface area contributed by atoms with Crippen molar-refractivity contribution in [2.45, 2.75) is 12.5 Å². The molecule has 0 radical (unpaired) electrons. The molecule has 0 aromatic heterocycles. The van der Waals surface area contributed by atoms with Gasteiger partial charge >= 0.3 is 0 Å². The minimum atomic E-state index is -0.293. The van der Waals surface area contributed by atoms with Crippen molar-refractivity contribution >= 4 is 51.8 Å². The topological polar surface area (TPSA) is 57.1 Å². The molecule has 0 spiro atoms. The second-order valence-electron chi connectivity index (χ2n) is 7.94. The first-order chi connectivity index (χ1) is 16.1. The molecule has 5 nitrogen and oxygen atoms in total. The van der Waals surface area contributed by atoms with Gasteiger partial charge in [0.05, 0.1) is 23.0 Å². The van der Waals surface area contributed by atoms with Crippen LogP contribution in [-0.4, -0.2) is 34.5 Å². The summed E-state index contributed by atoms with van der Waals surface area (Å²) in [6, 6.07) is 19.8. The van der Waals surface area contributed by atoms with Gasteiger partial charge < -0.3 is 5.32 Å². The smallest absolute Gasteiger partial charge is 0.279 e. The summed E-state index contributed by atoms with van der Waals surface area (Å²) in [5.74, 6) is -0.514. The van der Waals surface area contributed by atoms with Gasteiger partial charge in [-0.05, 0) is 41.1 Å². The summed E-state index contributed by atoms with van der Waals surface area (Å²) in [4.78, 5) is 17.8. The Morgan fingerprint density at radius 3 is 2.48 bits per heavy atom. The van der Waals surface area contributed by atoms with Crippen molar-refractivity contribution in [1.29, 1.82) is 0 Å². The molecule has 1 aliphatic carbocycles. The molecule has 164 valence electrons. The zero-order chi connectivity index (χ0) is 22.9. The van der Waals surface area contributed by atoms with E-state index >= 15 is 0 Å². The summed E-state index contributed by atoms with van der Waals surface area (Å²) in [6.45, 7) is 0. The highest BCUT2D eigenvalue weighted by molar-refractivity contribution is 7.80. The van der Waals surface area contributed by atoms with Crippen LogP contribution in [0.2, 0.25) is 0 Å². The predicted molar refractivity (Wildman–Crippen MR) is 137 cm³/mol. The molecule has 2 heterocycles. The lowest BCUT2D eigenvalue weighted by Crippen LogP contribution is -2.34. The normalized spacial score (nSPS) is 21.9. The fraction of sp³-hybridized carbons (Fsp3) is 0.154. The van der Waals surface area contributed by atoms with E-state index in [1.54, 1.807) is 18.1 Å². The number of hydrogen-bond donors (Lipinski definition) is 1. The molecule has 0 bridgehead atoms. The second-order valence-corrected chi connectivity index (χ2v) is 8.76. The molecule has 0 fully saturated rings. The van der Waals surface area contributed by atoms with Crippen molar-refractivity contribution < 1.29 is 4.79 Å². The van der Waals surface area contributed by atoms with Gasteiger partial charge in [0, 0.05) is 24.4 Å². The number of carbonyl (C=O) groups excluding carboxylic acids is 1. The molecule has 2 unspecified atom stereocenters. The number of thiocarbonyl (C=S) groups is 1. The van der Waals surface area contributed by atoms with Crippen LogP contribution in [0.25, 0.3) is 5.57 Å². The van der Waals surface area contributed by atoms with Crippen molar-refractivity contribution in [3.8, 4) is 0 Å². The number of amides is 1. The largest absolute Gasteiger partial charge is 0.364 e. The summed E-state index contributed by atoms with van der Waals surface area (Å²) in [5, 5.41) is 10.8. The van der Waals surface area contributed by atoms with Gasteiger partial charge in [0.25, 0.3) is 5.91 Å². The average Bonchev–Trinajstić information content (AvgIpc) is 3.29. The van der Waals surface area contributed by atoms with Crippen molar-refractivity contribution in [2.75, 3.05) is 7.05 Å². The Kier molecular flexibility index (Phi) is 5.79. The molecule has 5 rings (SSSR count). The van der Waals surface area contributed by atoms with Crippen molar-refractivity contribution in [1.82, 2.24) is 10.3 Å². The maximum atomic E-state index is 13.4. The number of halogens is 1. The van der Waals surface area contributed by atoms with Crippen LogP contribution in [0.15, 0.2) is 99.6 Å². The number of benzene rings is 2. The number of hydrazone groups is 1. The standard InChI is InChI=1S/C26H21ClN4OS/c1-28-26(33)31-22(16-8-4-2-5-9-16)15-21(30-31)24-23(17-10-6-3-7-11-17)19-14-18(27)12-13-20(19)29-25(24)32/h2-14,19,22H,15H2,1H3,(H,28,33). The number of carbonyl (C=O) groups is 1. The van der Waals surface area contributed by atoms with E-state index in [0.717, 1.165) is 16.7 Å². The zero-order valence-corrected chi connectivity index (χ0v) is 19.5. The lowest BCUT2D eigenvalue weighted by Gasteiger charge is -2.27. The van der Waals surface area contributed by atoms with Crippen LogP contribution in [0.3, 0.4) is 0 Å². The van der Waals surface area contributed by atoms with Gasteiger partial charge in [0.2, 0.25) is 0 Å². The minimum absolute atomic E-state index is 0.116. The van der Waals surface area contributed by atoms with Crippen molar-refractivity contribution in [3.63, 3.8) is 0 Å². The monoisotopic (exact) mass is 472 g/mol. The fourth-order valence-corrected chi connectivity index (χ4v) is 4.83. The Morgan fingerprint density at radius 1 is 1.09 bits per heavy atom. The van der Waals surface area contributed by atoms with E-state index in [1.165, 1.54) is 0 Å².